The average Bonchev–Trinajstić information content (AvgIpc) is 3.24. The first-order valence-corrected chi connectivity index (χ1v) is 9.65. The Bertz CT molecular complexity index is 1260. The van der Waals surface area contributed by atoms with Crippen molar-refractivity contribution in [3.63, 3.8) is 0 Å². The van der Waals surface area contributed by atoms with Gasteiger partial charge in [-0.05, 0) is 30.4 Å². The number of esters is 1. The Hall–Kier alpha value is -3.53. The van der Waals surface area contributed by atoms with E-state index in [9.17, 15) is 9.18 Å². The van der Waals surface area contributed by atoms with E-state index in [2.05, 4.69) is 26.5 Å². The first-order valence-electron chi connectivity index (χ1n) is 9.65. The normalized spacial score (nSPS) is 27.2. The maximum absolute atomic E-state index is 14.2. The molecule has 4 atom stereocenters. The van der Waals surface area contributed by atoms with Gasteiger partial charge in [-0.2, -0.15) is 0 Å². The van der Waals surface area contributed by atoms with Crippen molar-refractivity contribution in [1.29, 1.82) is 0 Å². The number of nitrogens with two attached hydrogens (primary N) is 2. The van der Waals surface area contributed by atoms with Crippen LogP contribution in [0.15, 0.2) is 31.1 Å². The summed E-state index contributed by atoms with van der Waals surface area (Å²) >= 11 is 0. The lowest BCUT2D eigenvalue weighted by molar-refractivity contribution is 0.0424. The fourth-order valence-corrected chi connectivity index (χ4v) is 4.72. The number of aromatic nitrogens is 4. The summed E-state index contributed by atoms with van der Waals surface area (Å²) in [6.07, 6.45) is 2.68. The summed E-state index contributed by atoms with van der Waals surface area (Å²) in [4.78, 5) is 23.9. The van der Waals surface area contributed by atoms with E-state index in [1.807, 2.05) is 6.07 Å². The molecule has 4 N–H and O–H groups in total. The Morgan fingerprint density at radius 1 is 1.37 bits per heavy atom. The van der Waals surface area contributed by atoms with Gasteiger partial charge in [-0.15, -0.1) is 5.10 Å². The first kappa shape index (κ1) is 17.3. The van der Waals surface area contributed by atoms with Crippen LogP contribution in [0.2, 0.25) is 0 Å². The van der Waals surface area contributed by atoms with Gasteiger partial charge in [0.25, 0.3) is 0 Å². The highest BCUT2D eigenvalue weighted by molar-refractivity contribution is 6.01. The van der Waals surface area contributed by atoms with E-state index in [4.69, 9.17) is 16.2 Å². The molecule has 30 heavy (non-hydrogen) atoms. The summed E-state index contributed by atoms with van der Waals surface area (Å²) in [5.74, 6) is 0.293. The molecule has 3 aromatic rings. The molecule has 2 bridgehead atoms. The molecule has 0 amide bonds. The molecule has 0 spiro atoms. The predicted octanol–water partition coefficient (Wildman–Crippen LogP) is 1.51. The lowest BCUT2D eigenvalue weighted by Crippen LogP contribution is -2.32. The average molecular weight is 407 g/mol. The van der Waals surface area contributed by atoms with Crippen LogP contribution in [0.4, 0.5) is 16.0 Å². The van der Waals surface area contributed by atoms with Gasteiger partial charge < -0.3 is 15.4 Å². The van der Waals surface area contributed by atoms with Crippen molar-refractivity contribution in [2.24, 2.45) is 17.6 Å². The summed E-state index contributed by atoms with van der Waals surface area (Å²) in [7, 11) is 0. The van der Waals surface area contributed by atoms with Gasteiger partial charge in [0.1, 0.15) is 17.2 Å². The SMILES string of the molecule is C=C1c2ncc(F)cc2C2C3CC3CN2c2ccn3nc(N)c(c3n2)C(=O)O[C@H]1N. The summed E-state index contributed by atoms with van der Waals surface area (Å²) in [6, 6.07) is 3.14. The zero-order valence-electron chi connectivity index (χ0n) is 15.8. The second-order valence-electron chi connectivity index (χ2n) is 8.01. The summed E-state index contributed by atoms with van der Waals surface area (Å²) < 4.78 is 21.1. The molecular formula is C20H18FN7O2. The van der Waals surface area contributed by atoms with Gasteiger partial charge in [-0.25, -0.2) is 18.7 Å². The quantitative estimate of drug-likeness (QED) is 0.538. The highest BCUT2D eigenvalue weighted by Crippen LogP contribution is 2.58. The Morgan fingerprint density at radius 3 is 3.03 bits per heavy atom. The van der Waals surface area contributed by atoms with Crippen molar-refractivity contribution in [2.45, 2.75) is 18.7 Å². The van der Waals surface area contributed by atoms with Crippen molar-refractivity contribution in [2.75, 3.05) is 17.2 Å². The molecule has 9 nitrogen and oxygen atoms in total. The summed E-state index contributed by atoms with van der Waals surface area (Å²) in [5, 5.41) is 4.15. The number of hydrogen-bond donors (Lipinski definition) is 2. The van der Waals surface area contributed by atoms with Crippen LogP contribution in [0, 0.1) is 17.7 Å². The van der Waals surface area contributed by atoms with E-state index >= 15 is 0 Å². The lowest BCUT2D eigenvalue weighted by Gasteiger charge is -2.31. The molecule has 1 saturated heterocycles. The number of halogens is 1. The van der Waals surface area contributed by atoms with Gasteiger partial charge in [0.2, 0.25) is 0 Å². The molecule has 0 aromatic carbocycles. The number of carbonyl (C=O) groups is 1. The van der Waals surface area contributed by atoms with Gasteiger partial charge in [0.05, 0.1) is 17.9 Å². The van der Waals surface area contributed by atoms with E-state index in [1.165, 1.54) is 10.6 Å². The van der Waals surface area contributed by atoms with E-state index in [0.717, 1.165) is 19.2 Å². The van der Waals surface area contributed by atoms with Gasteiger partial charge in [0.15, 0.2) is 17.7 Å². The van der Waals surface area contributed by atoms with Crippen LogP contribution in [-0.2, 0) is 4.74 Å². The monoisotopic (exact) mass is 407 g/mol. The molecule has 3 aromatic heterocycles. The minimum absolute atomic E-state index is 0.000868. The molecule has 1 aliphatic carbocycles. The van der Waals surface area contributed by atoms with E-state index < -0.39 is 18.0 Å². The van der Waals surface area contributed by atoms with Crippen molar-refractivity contribution < 1.29 is 13.9 Å². The molecule has 0 radical (unpaired) electrons. The number of hydrogen-bond acceptors (Lipinski definition) is 8. The maximum Gasteiger partial charge on any atom is 0.347 e. The third-order valence-electron chi connectivity index (χ3n) is 6.23. The van der Waals surface area contributed by atoms with Crippen LogP contribution in [0.25, 0.3) is 11.2 Å². The van der Waals surface area contributed by atoms with Crippen LogP contribution in [0.3, 0.4) is 0 Å². The highest BCUT2D eigenvalue weighted by Gasteiger charge is 2.54. The molecular weight excluding hydrogens is 389 g/mol. The Balaban J connectivity index is 1.62. The van der Waals surface area contributed by atoms with Gasteiger partial charge in [-0.3, -0.25) is 10.7 Å². The molecule has 5 heterocycles. The highest BCUT2D eigenvalue weighted by atomic mass is 19.1. The first-order chi connectivity index (χ1) is 14.4. The molecule has 1 saturated carbocycles. The van der Waals surface area contributed by atoms with Gasteiger partial charge >= 0.3 is 5.97 Å². The zero-order chi connectivity index (χ0) is 20.7. The molecule has 6 rings (SSSR count). The fourth-order valence-electron chi connectivity index (χ4n) is 4.72. The number of carbonyl (C=O) groups excluding carboxylic acids is 1. The van der Waals surface area contributed by atoms with Crippen LogP contribution in [-0.4, -0.2) is 38.3 Å². The topological polar surface area (TPSA) is 125 Å². The third-order valence-corrected chi connectivity index (χ3v) is 6.23. The van der Waals surface area contributed by atoms with Crippen molar-refractivity contribution in [1.82, 2.24) is 19.6 Å². The third kappa shape index (κ3) is 2.31. The number of ether oxygens (including phenoxy) is 1. The van der Waals surface area contributed by atoms with Crippen molar-refractivity contribution in [3.8, 4) is 0 Å². The standard InChI is InChI=1S/C20H18FN7O2/c1-8-15-12(5-10(21)6-24-15)16-11-4-9(11)7-27(16)13-2-3-28-19(25-13)14(17(22)26-28)20(29)30-18(8)23/h2-3,5-6,9,11,16,18H,1,4,7,23H2,(H2,22,26)/t9?,11?,16?,18-/m1/s1. The van der Waals surface area contributed by atoms with Crippen molar-refractivity contribution >= 4 is 28.8 Å². The lowest BCUT2D eigenvalue weighted by atomic mass is 9.96. The second-order valence-corrected chi connectivity index (χ2v) is 8.01. The summed E-state index contributed by atoms with van der Waals surface area (Å²) in [6.45, 7) is 4.77. The van der Waals surface area contributed by atoms with Crippen LogP contribution >= 0.6 is 0 Å². The molecule has 3 unspecified atom stereocenters. The molecule has 152 valence electrons. The van der Waals surface area contributed by atoms with Crippen LogP contribution in [0.5, 0.6) is 0 Å². The largest absolute Gasteiger partial charge is 0.439 e. The number of cyclic esters (lactones) is 1. The van der Waals surface area contributed by atoms with E-state index in [1.54, 1.807) is 6.20 Å². The Morgan fingerprint density at radius 2 is 2.20 bits per heavy atom. The molecule has 3 aliphatic rings. The molecule has 10 heteroatoms. The van der Waals surface area contributed by atoms with Gasteiger partial charge in [0, 0.05) is 23.9 Å². The van der Waals surface area contributed by atoms with Crippen LogP contribution in [0.1, 0.15) is 34.1 Å². The Labute approximate surface area is 170 Å². The fraction of sp³-hybridized carbons (Fsp3) is 0.300. The van der Waals surface area contributed by atoms with Crippen LogP contribution < -0.4 is 16.4 Å². The number of anilines is 2. The van der Waals surface area contributed by atoms with Crippen molar-refractivity contribution in [3.05, 3.63) is 53.7 Å². The maximum atomic E-state index is 14.2. The molecule has 2 fully saturated rings. The van der Waals surface area contributed by atoms with Gasteiger partial charge in [-0.1, -0.05) is 6.58 Å². The Kier molecular flexibility index (Phi) is 3.33. The minimum Gasteiger partial charge on any atom is -0.439 e. The number of nitrogen functional groups attached to an aromatic ring is 1. The number of rotatable bonds is 0. The summed E-state index contributed by atoms with van der Waals surface area (Å²) in [5.41, 5.74) is 13.8. The van der Waals surface area contributed by atoms with E-state index in [-0.39, 0.29) is 23.1 Å². The van der Waals surface area contributed by atoms with E-state index in [0.29, 0.717) is 34.5 Å². The number of nitrogens with zero attached hydrogens (tertiary/aromatic N) is 5. The smallest absolute Gasteiger partial charge is 0.347 e. The molecule has 2 aliphatic heterocycles. The zero-order valence-corrected chi connectivity index (χ0v) is 15.8. The predicted molar refractivity (Wildman–Crippen MR) is 106 cm³/mol. The second kappa shape index (κ2) is 5.76. The number of piperidine rings is 1. The number of pyridine rings is 1. The number of fused-ring (bicyclic) bond motifs is 7. The minimum atomic E-state index is -1.18.